The lowest BCUT2D eigenvalue weighted by Gasteiger charge is -2.35. The first kappa shape index (κ1) is 14.6. The number of nitrogens with zero attached hydrogens (tertiary/aromatic N) is 1. The van der Waals surface area contributed by atoms with E-state index in [-0.39, 0.29) is 6.04 Å². The molecule has 0 saturated carbocycles. The van der Waals surface area contributed by atoms with E-state index in [0.29, 0.717) is 6.42 Å². The standard InChI is InChI=1S/C17H24N2O2/c1-12-14-5-3-4-6-16(14)21-17(12)11-15(20)13(2)19-9-7-18-8-10-19/h3-6,13,15,18,20H,7-11H2,1-2H3. The van der Waals surface area contributed by atoms with Gasteiger partial charge in [-0.25, -0.2) is 0 Å². The number of rotatable bonds is 4. The number of piperazine rings is 1. The van der Waals surface area contributed by atoms with E-state index in [9.17, 15) is 5.11 Å². The van der Waals surface area contributed by atoms with Crippen molar-refractivity contribution in [3.05, 3.63) is 35.6 Å². The minimum Gasteiger partial charge on any atom is -0.461 e. The number of aliphatic hydroxyl groups excluding tert-OH is 1. The van der Waals surface area contributed by atoms with Crippen molar-refractivity contribution >= 4 is 11.0 Å². The maximum Gasteiger partial charge on any atom is 0.134 e. The van der Waals surface area contributed by atoms with E-state index in [2.05, 4.69) is 30.1 Å². The third-order valence-electron chi connectivity index (χ3n) is 4.62. The number of aryl methyl sites for hydroxylation is 1. The highest BCUT2D eigenvalue weighted by Gasteiger charge is 2.25. The van der Waals surface area contributed by atoms with Crippen molar-refractivity contribution in [1.29, 1.82) is 0 Å². The van der Waals surface area contributed by atoms with Crippen molar-refractivity contribution in [2.45, 2.75) is 32.4 Å². The molecule has 1 aromatic heterocycles. The summed E-state index contributed by atoms with van der Waals surface area (Å²) in [5.41, 5.74) is 2.06. The molecule has 1 aliphatic heterocycles. The number of nitrogens with one attached hydrogen (secondary N) is 1. The van der Waals surface area contributed by atoms with Gasteiger partial charge in [0.1, 0.15) is 11.3 Å². The molecule has 1 aliphatic rings. The molecule has 0 radical (unpaired) electrons. The molecule has 0 bridgehead atoms. The number of hydrogen-bond acceptors (Lipinski definition) is 4. The van der Waals surface area contributed by atoms with Crippen molar-refractivity contribution in [3.8, 4) is 0 Å². The second-order valence-corrected chi connectivity index (χ2v) is 5.94. The van der Waals surface area contributed by atoms with E-state index in [4.69, 9.17) is 4.42 Å². The van der Waals surface area contributed by atoms with Gasteiger partial charge in [0.15, 0.2) is 0 Å². The molecule has 1 saturated heterocycles. The molecule has 2 unspecified atom stereocenters. The predicted molar refractivity (Wildman–Crippen MR) is 84.6 cm³/mol. The van der Waals surface area contributed by atoms with Crippen molar-refractivity contribution in [2.75, 3.05) is 26.2 Å². The molecular formula is C17H24N2O2. The third-order valence-corrected chi connectivity index (χ3v) is 4.62. The van der Waals surface area contributed by atoms with Crippen LogP contribution < -0.4 is 5.32 Å². The van der Waals surface area contributed by atoms with E-state index in [0.717, 1.165) is 48.5 Å². The van der Waals surface area contributed by atoms with E-state index < -0.39 is 6.10 Å². The highest BCUT2D eigenvalue weighted by molar-refractivity contribution is 5.81. The average molecular weight is 288 g/mol. The van der Waals surface area contributed by atoms with Gasteiger partial charge in [-0.3, -0.25) is 4.90 Å². The molecule has 0 aliphatic carbocycles. The van der Waals surface area contributed by atoms with Crippen LogP contribution in [0.4, 0.5) is 0 Å². The van der Waals surface area contributed by atoms with Gasteiger partial charge in [-0.15, -0.1) is 0 Å². The lowest BCUT2D eigenvalue weighted by molar-refractivity contribution is 0.0490. The van der Waals surface area contributed by atoms with Gasteiger partial charge in [-0.2, -0.15) is 0 Å². The van der Waals surface area contributed by atoms with Gasteiger partial charge >= 0.3 is 0 Å². The van der Waals surface area contributed by atoms with Gasteiger partial charge in [0.05, 0.1) is 6.10 Å². The summed E-state index contributed by atoms with van der Waals surface area (Å²) in [5, 5.41) is 15.0. The van der Waals surface area contributed by atoms with Crippen LogP contribution in [0.25, 0.3) is 11.0 Å². The minimum absolute atomic E-state index is 0.153. The summed E-state index contributed by atoms with van der Waals surface area (Å²) in [6.45, 7) is 8.17. The smallest absolute Gasteiger partial charge is 0.134 e. The largest absolute Gasteiger partial charge is 0.461 e. The SMILES string of the molecule is Cc1c(CC(O)C(C)N2CCNCC2)oc2ccccc12. The fourth-order valence-corrected chi connectivity index (χ4v) is 3.11. The number of para-hydroxylation sites is 1. The molecule has 114 valence electrons. The molecule has 2 atom stereocenters. The number of fused-ring (bicyclic) bond motifs is 1. The van der Waals surface area contributed by atoms with Gasteiger partial charge in [0.2, 0.25) is 0 Å². The topological polar surface area (TPSA) is 48.6 Å². The Morgan fingerprint density at radius 3 is 2.71 bits per heavy atom. The Morgan fingerprint density at radius 2 is 2.00 bits per heavy atom. The Morgan fingerprint density at radius 1 is 1.29 bits per heavy atom. The van der Waals surface area contributed by atoms with Gasteiger partial charge < -0.3 is 14.8 Å². The molecule has 2 N–H and O–H groups in total. The van der Waals surface area contributed by atoms with Crippen LogP contribution in [0.15, 0.2) is 28.7 Å². The molecule has 1 aromatic carbocycles. The molecule has 0 amide bonds. The molecule has 3 rings (SSSR count). The van der Waals surface area contributed by atoms with Crippen LogP contribution in [0.1, 0.15) is 18.2 Å². The lowest BCUT2D eigenvalue weighted by atomic mass is 10.0. The molecular weight excluding hydrogens is 264 g/mol. The fraction of sp³-hybridized carbons (Fsp3) is 0.529. The first-order valence-corrected chi connectivity index (χ1v) is 7.76. The van der Waals surface area contributed by atoms with Gasteiger partial charge in [0, 0.05) is 44.0 Å². The summed E-state index contributed by atoms with van der Waals surface area (Å²) in [6, 6.07) is 8.21. The quantitative estimate of drug-likeness (QED) is 0.902. The normalized spacial score (nSPS) is 19.8. The van der Waals surface area contributed by atoms with Crippen LogP contribution in [0.2, 0.25) is 0 Å². The first-order valence-electron chi connectivity index (χ1n) is 7.76. The van der Waals surface area contributed by atoms with Crippen LogP contribution in [-0.2, 0) is 6.42 Å². The summed E-state index contributed by atoms with van der Waals surface area (Å²) < 4.78 is 5.92. The fourth-order valence-electron chi connectivity index (χ4n) is 3.11. The van der Waals surface area contributed by atoms with E-state index in [1.807, 2.05) is 18.2 Å². The number of benzene rings is 1. The lowest BCUT2D eigenvalue weighted by Crippen LogP contribution is -2.51. The van der Waals surface area contributed by atoms with Crippen LogP contribution in [0.3, 0.4) is 0 Å². The van der Waals surface area contributed by atoms with Crippen LogP contribution >= 0.6 is 0 Å². The summed E-state index contributed by atoms with van der Waals surface area (Å²) >= 11 is 0. The molecule has 2 aromatic rings. The Hall–Kier alpha value is -1.36. The molecule has 4 heteroatoms. The highest BCUT2D eigenvalue weighted by atomic mass is 16.3. The second kappa shape index (κ2) is 6.18. The average Bonchev–Trinajstić information content (AvgIpc) is 2.84. The first-order chi connectivity index (χ1) is 10.2. The number of furan rings is 1. The highest BCUT2D eigenvalue weighted by Crippen LogP contribution is 2.26. The molecule has 4 nitrogen and oxygen atoms in total. The van der Waals surface area contributed by atoms with E-state index in [1.165, 1.54) is 0 Å². The monoisotopic (exact) mass is 288 g/mol. The zero-order valence-corrected chi connectivity index (χ0v) is 12.8. The second-order valence-electron chi connectivity index (χ2n) is 5.94. The van der Waals surface area contributed by atoms with Crippen LogP contribution in [0, 0.1) is 6.92 Å². The summed E-state index contributed by atoms with van der Waals surface area (Å²) in [5.74, 6) is 0.908. The summed E-state index contributed by atoms with van der Waals surface area (Å²) in [7, 11) is 0. The maximum absolute atomic E-state index is 10.6. The van der Waals surface area contributed by atoms with Crippen molar-refractivity contribution < 1.29 is 9.52 Å². The number of hydrogen-bond donors (Lipinski definition) is 2. The molecule has 1 fully saturated rings. The molecule has 0 spiro atoms. The third kappa shape index (κ3) is 2.98. The molecule has 2 heterocycles. The van der Waals surface area contributed by atoms with E-state index in [1.54, 1.807) is 0 Å². The van der Waals surface area contributed by atoms with Crippen molar-refractivity contribution in [3.63, 3.8) is 0 Å². The number of aliphatic hydroxyl groups is 1. The Labute approximate surface area is 125 Å². The van der Waals surface area contributed by atoms with Crippen molar-refractivity contribution in [1.82, 2.24) is 10.2 Å². The van der Waals surface area contributed by atoms with Crippen LogP contribution in [-0.4, -0.2) is 48.3 Å². The minimum atomic E-state index is -0.401. The van der Waals surface area contributed by atoms with E-state index >= 15 is 0 Å². The molecule has 21 heavy (non-hydrogen) atoms. The zero-order chi connectivity index (χ0) is 14.8. The zero-order valence-electron chi connectivity index (χ0n) is 12.8. The predicted octanol–water partition coefficient (Wildman–Crippen LogP) is 1.94. The van der Waals surface area contributed by atoms with Crippen LogP contribution in [0.5, 0.6) is 0 Å². The van der Waals surface area contributed by atoms with Gasteiger partial charge in [-0.05, 0) is 25.5 Å². The summed E-state index contributed by atoms with van der Waals surface area (Å²) in [4.78, 5) is 2.35. The van der Waals surface area contributed by atoms with Gasteiger partial charge in [0.25, 0.3) is 0 Å². The Balaban J connectivity index is 1.73. The van der Waals surface area contributed by atoms with Gasteiger partial charge in [-0.1, -0.05) is 18.2 Å². The summed E-state index contributed by atoms with van der Waals surface area (Å²) in [6.07, 6.45) is 0.174. The van der Waals surface area contributed by atoms with Crippen molar-refractivity contribution in [2.24, 2.45) is 0 Å². The Kier molecular flexibility index (Phi) is 4.29. The Bertz CT molecular complexity index is 602. The maximum atomic E-state index is 10.6.